The Morgan fingerprint density at radius 2 is 2.06 bits per heavy atom. The fourth-order valence-corrected chi connectivity index (χ4v) is 3.20. The molecule has 9 heteroatoms. The van der Waals surface area contributed by atoms with Crippen LogP contribution in [0, 0.1) is 6.92 Å². The SMILES string of the molecule is CCCc1cc(=O)[nH]c(-n2nc(-c3ccco3)cc2NC(=O)COc2ccccc2C)n1. The van der Waals surface area contributed by atoms with Crippen molar-refractivity contribution in [2.45, 2.75) is 26.7 Å². The fraction of sp³-hybridized carbons (Fsp3) is 0.217. The second-order valence-corrected chi connectivity index (χ2v) is 7.22. The number of carbonyl (C=O) groups is 1. The van der Waals surface area contributed by atoms with E-state index in [4.69, 9.17) is 9.15 Å². The standard InChI is InChI=1S/C23H23N5O4/c1-3-7-16-12-21(29)26-23(24-16)28-20(13-17(27-28)19-10-6-11-31-19)25-22(30)14-32-18-9-5-4-8-15(18)2/h4-6,8-13H,3,7,14H2,1-2H3,(H,25,30)(H,24,26,29). The number of hydrogen-bond acceptors (Lipinski definition) is 6. The van der Waals surface area contributed by atoms with E-state index in [9.17, 15) is 9.59 Å². The summed E-state index contributed by atoms with van der Waals surface area (Å²) in [5, 5.41) is 7.27. The van der Waals surface area contributed by atoms with E-state index in [2.05, 4.69) is 20.4 Å². The molecule has 0 saturated heterocycles. The number of hydrogen-bond donors (Lipinski definition) is 2. The van der Waals surface area contributed by atoms with E-state index in [0.29, 0.717) is 35.1 Å². The number of aryl methyl sites for hydroxylation is 2. The molecule has 0 fully saturated rings. The summed E-state index contributed by atoms with van der Waals surface area (Å²) in [6.07, 6.45) is 3.02. The highest BCUT2D eigenvalue weighted by Crippen LogP contribution is 2.24. The number of furan rings is 1. The normalized spacial score (nSPS) is 10.8. The van der Waals surface area contributed by atoms with Gasteiger partial charge in [-0.3, -0.25) is 14.6 Å². The monoisotopic (exact) mass is 433 g/mol. The lowest BCUT2D eigenvalue weighted by Gasteiger charge is -2.11. The highest BCUT2D eigenvalue weighted by Gasteiger charge is 2.17. The molecule has 32 heavy (non-hydrogen) atoms. The van der Waals surface area contributed by atoms with E-state index in [-0.39, 0.29) is 24.0 Å². The van der Waals surface area contributed by atoms with Crippen LogP contribution in [-0.2, 0) is 11.2 Å². The van der Waals surface area contributed by atoms with Crippen molar-refractivity contribution in [2.24, 2.45) is 0 Å². The van der Waals surface area contributed by atoms with Crippen molar-refractivity contribution in [3.05, 3.63) is 76.4 Å². The van der Waals surface area contributed by atoms with Gasteiger partial charge in [0.1, 0.15) is 17.3 Å². The van der Waals surface area contributed by atoms with Crippen LogP contribution in [0.3, 0.4) is 0 Å². The number of nitrogens with zero attached hydrogens (tertiary/aromatic N) is 3. The van der Waals surface area contributed by atoms with E-state index in [1.807, 2.05) is 32.0 Å². The summed E-state index contributed by atoms with van der Waals surface area (Å²) in [5.41, 5.74) is 1.75. The third-order valence-electron chi connectivity index (χ3n) is 4.69. The van der Waals surface area contributed by atoms with Gasteiger partial charge in [0.05, 0.1) is 6.26 Å². The van der Waals surface area contributed by atoms with Gasteiger partial charge in [-0.2, -0.15) is 9.78 Å². The van der Waals surface area contributed by atoms with Gasteiger partial charge in [0.2, 0.25) is 5.95 Å². The Morgan fingerprint density at radius 1 is 1.22 bits per heavy atom. The van der Waals surface area contributed by atoms with Crippen LogP contribution in [0.4, 0.5) is 5.82 Å². The van der Waals surface area contributed by atoms with Crippen molar-refractivity contribution < 1.29 is 13.9 Å². The van der Waals surface area contributed by atoms with Crippen molar-refractivity contribution in [3.63, 3.8) is 0 Å². The molecule has 3 heterocycles. The predicted octanol–water partition coefficient (Wildman–Crippen LogP) is 3.49. The van der Waals surface area contributed by atoms with Gasteiger partial charge in [0.25, 0.3) is 11.5 Å². The summed E-state index contributed by atoms with van der Waals surface area (Å²) in [6, 6.07) is 14.1. The lowest BCUT2D eigenvalue weighted by atomic mass is 10.2. The molecule has 0 atom stereocenters. The molecule has 0 radical (unpaired) electrons. The Bertz CT molecular complexity index is 1270. The van der Waals surface area contributed by atoms with Crippen LogP contribution >= 0.6 is 0 Å². The number of nitrogens with one attached hydrogen (secondary N) is 2. The molecule has 0 spiro atoms. The number of aromatic amines is 1. The number of para-hydroxylation sites is 1. The molecule has 0 saturated carbocycles. The fourth-order valence-electron chi connectivity index (χ4n) is 3.20. The molecule has 0 aliphatic rings. The van der Waals surface area contributed by atoms with Gasteiger partial charge in [-0.25, -0.2) is 4.98 Å². The van der Waals surface area contributed by atoms with Gasteiger partial charge in [-0.15, -0.1) is 0 Å². The van der Waals surface area contributed by atoms with E-state index >= 15 is 0 Å². The Morgan fingerprint density at radius 3 is 2.81 bits per heavy atom. The van der Waals surface area contributed by atoms with Crippen molar-refractivity contribution in [1.29, 1.82) is 0 Å². The number of rotatable bonds is 8. The number of H-pyrrole nitrogens is 1. The first-order valence-corrected chi connectivity index (χ1v) is 10.3. The Kier molecular flexibility index (Phi) is 6.16. The average Bonchev–Trinajstić information content (AvgIpc) is 3.43. The van der Waals surface area contributed by atoms with E-state index in [0.717, 1.165) is 12.0 Å². The first-order chi connectivity index (χ1) is 15.5. The Hall–Kier alpha value is -4.14. The minimum absolute atomic E-state index is 0.189. The molecule has 1 amide bonds. The van der Waals surface area contributed by atoms with Crippen molar-refractivity contribution in [2.75, 3.05) is 11.9 Å². The number of aromatic nitrogens is 4. The highest BCUT2D eigenvalue weighted by atomic mass is 16.5. The molecule has 1 aromatic carbocycles. The maximum absolute atomic E-state index is 12.6. The summed E-state index contributed by atoms with van der Waals surface area (Å²) >= 11 is 0. The molecule has 2 N–H and O–H groups in total. The maximum Gasteiger partial charge on any atom is 0.263 e. The van der Waals surface area contributed by atoms with Crippen LogP contribution in [0.1, 0.15) is 24.6 Å². The first kappa shape index (κ1) is 21.1. The molecule has 0 unspecified atom stereocenters. The molecule has 3 aromatic heterocycles. The largest absolute Gasteiger partial charge is 0.483 e. The summed E-state index contributed by atoms with van der Waals surface area (Å²) in [7, 11) is 0. The third kappa shape index (κ3) is 4.77. The van der Waals surface area contributed by atoms with Gasteiger partial charge in [0, 0.05) is 17.8 Å². The van der Waals surface area contributed by atoms with E-state index in [1.54, 1.807) is 24.3 Å². The molecule has 9 nitrogen and oxygen atoms in total. The van der Waals surface area contributed by atoms with Crippen LogP contribution in [0.5, 0.6) is 5.75 Å². The predicted molar refractivity (Wildman–Crippen MR) is 119 cm³/mol. The summed E-state index contributed by atoms with van der Waals surface area (Å²) in [6.45, 7) is 3.72. The molecule has 0 aliphatic heterocycles. The Balaban J connectivity index is 1.63. The zero-order valence-electron chi connectivity index (χ0n) is 17.8. The van der Waals surface area contributed by atoms with Gasteiger partial charge >= 0.3 is 0 Å². The molecular formula is C23H23N5O4. The van der Waals surface area contributed by atoms with E-state index in [1.165, 1.54) is 17.0 Å². The molecular weight excluding hydrogens is 410 g/mol. The molecule has 4 rings (SSSR count). The summed E-state index contributed by atoms with van der Waals surface area (Å²) < 4.78 is 12.4. The minimum atomic E-state index is -0.382. The van der Waals surface area contributed by atoms with Crippen LogP contribution < -0.4 is 15.6 Å². The summed E-state index contributed by atoms with van der Waals surface area (Å²) in [5.74, 6) is 1.29. The number of ether oxygens (including phenoxy) is 1. The van der Waals surface area contributed by atoms with Crippen molar-refractivity contribution >= 4 is 11.7 Å². The molecule has 4 aromatic rings. The molecule has 0 aliphatic carbocycles. The first-order valence-electron chi connectivity index (χ1n) is 10.3. The van der Waals surface area contributed by atoms with Crippen molar-refractivity contribution in [3.8, 4) is 23.2 Å². The smallest absolute Gasteiger partial charge is 0.263 e. The Labute approximate surface area is 184 Å². The lowest BCUT2D eigenvalue weighted by molar-refractivity contribution is -0.118. The quantitative estimate of drug-likeness (QED) is 0.440. The van der Waals surface area contributed by atoms with Crippen molar-refractivity contribution in [1.82, 2.24) is 19.7 Å². The zero-order valence-corrected chi connectivity index (χ0v) is 17.8. The second-order valence-electron chi connectivity index (χ2n) is 7.22. The highest BCUT2D eigenvalue weighted by molar-refractivity contribution is 5.91. The van der Waals surface area contributed by atoms with Crippen LogP contribution in [0.25, 0.3) is 17.4 Å². The van der Waals surface area contributed by atoms with Gasteiger partial charge < -0.3 is 14.5 Å². The average molecular weight is 433 g/mol. The van der Waals surface area contributed by atoms with Crippen LogP contribution in [0.2, 0.25) is 0 Å². The minimum Gasteiger partial charge on any atom is -0.483 e. The van der Waals surface area contributed by atoms with Gasteiger partial charge in [0.15, 0.2) is 12.4 Å². The number of benzene rings is 1. The van der Waals surface area contributed by atoms with Crippen LogP contribution in [-0.4, -0.2) is 32.3 Å². The maximum atomic E-state index is 12.6. The molecule has 0 bridgehead atoms. The lowest BCUT2D eigenvalue weighted by Crippen LogP contribution is -2.23. The number of anilines is 1. The zero-order chi connectivity index (χ0) is 22.5. The molecule has 164 valence electrons. The summed E-state index contributed by atoms with van der Waals surface area (Å²) in [4.78, 5) is 32.0. The van der Waals surface area contributed by atoms with E-state index < -0.39 is 0 Å². The van der Waals surface area contributed by atoms with Crippen LogP contribution in [0.15, 0.2) is 64.0 Å². The number of carbonyl (C=O) groups excluding carboxylic acids is 1. The second kappa shape index (κ2) is 9.34. The van der Waals surface area contributed by atoms with Gasteiger partial charge in [-0.05, 0) is 37.1 Å². The third-order valence-corrected chi connectivity index (χ3v) is 4.69. The number of amides is 1. The topological polar surface area (TPSA) is 115 Å². The van der Waals surface area contributed by atoms with Gasteiger partial charge in [-0.1, -0.05) is 31.5 Å².